The van der Waals surface area contributed by atoms with Gasteiger partial charge in [-0.15, -0.1) is 0 Å². The van der Waals surface area contributed by atoms with Crippen molar-refractivity contribution in [3.8, 4) is 5.75 Å². The second kappa shape index (κ2) is 10.4. The Balaban J connectivity index is 1.80. The number of carbonyl (C=O) groups excluding carboxylic acids is 1. The minimum absolute atomic E-state index is 0.212. The summed E-state index contributed by atoms with van der Waals surface area (Å²) >= 11 is 1.32. The van der Waals surface area contributed by atoms with Crippen LogP contribution in [0.4, 0.5) is 0 Å². The van der Waals surface area contributed by atoms with Crippen LogP contribution in [0.5, 0.6) is 5.75 Å². The van der Waals surface area contributed by atoms with Crippen LogP contribution in [0.3, 0.4) is 0 Å². The lowest BCUT2D eigenvalue weighted by Crippen LogP contribution is -2.40. The van der Waals surface area contributed by atoms with Crippen molar-refractivity contribution in [2.24, 2.45) is 4.99 Å². The zero-order valence-electron chi connectivity index (χ0n) is 22.1. The van der Waals surface area contributed by atoms with E-state index in [9.17, 15) is 9.59 Å². The smallest absolute Gasteiger partial charge is 0.338 e. The molecule has 7 heteroatoms. The van der Waals surface area contributed by atoms with Crippen molar-refractivity contribution < 1.29 is 14.3 Å². The first-order valence-electron chi connectivity index (χ1n) is 12.7. The molecule has 1 atom stereocenters. The fourth-order valence-electron chi connectivity index (χ4n) is 4.93. The van der Waals surface area contributed by atoms with Crippen LogP contribution in [0.1, 0.15) is 56.3 Å². The third-order valence-corrected chi connectivity index (χ3v) is 7.82. The maximum atomic E-state index is 14.0. The van der Waals surface area contributed by atoms with E-state index in [1.54, 1.807) is 25.5 Å². The average molecular weight is 527 g/mol. The Morgan fingerprint density at radius 3 is 2.53 bits per heavy atom. The molecule has 0 amide bonds. The first-order valence-corrected chi connectivity index (χ1v) is 13.5. The quantitative estimate of drug-likeness (QED) is 0.329. The van der Waals surface area contributed by atoms with Crippen molar-refractivity contribution in [2.45, 2.75) is 39.7 Å². The molecule has 3 aromatic carbocycles. The molecule has 0 aliphatic carbocycles. The Morgan fingerprint density at radius 2 is 1.84 bits per heavy atom. The predicted molar refractivity (Wildman–Crippen MR) is 151 cm³/mol. The maximum absolute atomic E-state index is 14.0. The van der Waals surface area contributed by atoms with Gasteiger partial charge in [0, 0.05) is 5.56 Å². The van der Waals surface area contributed by atoms with Gasteiger partial charge in [0.2, 0.25) is 0 Å². The van der Waals surface area contributed by atoms with Crippen LogP contribution in [0.25, 0.3) is 16.8 Å². The molecule has 0 fully saturated rings. The molecule has 0 saturated carbocycles. The van der Waals surface area contributed by atoms with Gasteiger partial charge in [-0.2, -0.15) is 0 Å². The van der Waals surface area contributed by atoms with Gasteiger partial charge in [0.15, 0.2) is 4.80 Å². The second-order valence-electron chi connectivity index (χ2n) is 9.53. The summed E-state index contributed by atoms with van der Waals surface area (Å²) in [6.45, 7) is 8.07. The molecular weight excluding hydrogens is 496 g/mol. The van der Waals surface area contributed by atoms with Crippen molar-refractivity contribution in [1.29, 1.82) is 0 Å². The van der Waals surface area contributed by atoms with E-state index in [-0.39, 0.29) is 12.2 Å². The third-order valence-electron chi connectivity index (χ3n) is 6.84. The fourth-order valence-corrected chi connectivity index (χ4v) is 5.98. The molecule has 38 heavy (non-hydrogen) atoms. The second-order valence-corrected chi connectivity index (χ2v) is 10.5. The van der Waals surface area contributed by atoms with E-state index in [1.807, 2.05) is 54.6 Å². The number of hydrogen-bond acceptors (Lipinski definition) is 6. The Hall–Kier alpha value is -3.97. The van der Waals surface area contributed by atoms with E-state index in [2.05, 4.69) is 26.0 Å². The molecule has 0 spiro atoms. The number of rotatable bonds is 6. The summed E-state index contributed by atoms with van der Waals surface area (Å²) in [6, 6.07) is 19.2. The monoisotopic (exact) mass is 526 g/mol. The largest absolute Gasteiger partial charge is 0.496 e. The van der Waals surface area contributed by atoms with Gasteiger partial charge < -0.3 is 9.47 Å². The van der Waals surface area contributed by atoms with Gasteiger partial charge in [-0.1, -0.05) is 79.8 Å². The summed E-state index contributed by atoms with van der Waals surface area (Å²) in [6.07, 6.45) is 1.88. The lowest BCUT2D eigenvalue weighted by molar-refractivity contribution is -0.139. The van der Waals surface area contributed by atoms with Crippen LogP contribution in [-0.2, 0) is 9.53 Å². The molecule has 194 valence electrons. The zero-order valence-corrected chi connectivity index (χ0v) is 23.0. The number of carbonyl (C=O) groups is 1. The summed E-state index contributed by atoms with van der Waals surface area (Å²) in [4.78, 5) is 32.6. The van der Waals surface area contributed by atoms with Gasteiger partial charge in [0.05, 0.1) is 29.5 Å². The first kappa shape index (κ1) is 25.7. The Labute approximate surface area is 225 Å². The molecule has 1 aliphatic rings. The summed E-state index contributed by atoms with van der Waals surface area (Å²) in [5.74, 6) is 0.519. The highest BCUT2D eigenvalue weighted by atomic mass is 32.1. The third kappa shape index (κ3) is 4.47. The van der Waals surface area contributed by atoms with E-state index in [0.717, 1.165) is 21.9 Å². The molecule has 6 nitrogen and oxygen atoms in total. The summed E-state index contributed by atoms with van der Waals surface area (Å²) in [5.41, 5.74) is 3.55. The number of hydrogen-bond donors (Lipinski definition) is 0. The molecule has 1 aromatic heterocycles. The molecule has 2 heterocycles. The van der Waals surface area contributed by atoms with Crippen LogP contribution in [0, 0.1) is 0 Å². The molecule has 0 unspecified atom stereocenters. The summed E-state index contributed by atoms with van der Waals surface area (Å²) < 4.78 is 13.4. The lowest BCUT2D eigenvalue weighted by atomic mass is 9.90. The van der Waals surface area contributed by atoms with Crippen molar-refractivity contribution >= 4 is 34.2 Å². The molecule has 4 aromatic rings. The number of methoxy groups -OCH3 is 1. The highest BCUT2D eigenvalue weighted by molar-refractivity contribution is 7.07. The van der Waals surface area contributed by atoms with Gasteiger partial charge in [-0.25, -0.2) is 9.79 Å². The molecular formula is C31H30N2O4S. The van der Waals surface area contributed by atoms with E-state index in [1.165, 1.54) is 16.9 Å². The Bertz CT molecular complexity index is 1740. The fraction of sp³-hybridized carbons (Fsp3) is 0.258. The van der Waals surface area contributed by atoms with Crippen LogP contribution in [0.15, 0.2) is 81.7 Å². The molecule has 0 bridgehead atoms. The number of esters is 1. The summed E-state index contributed by atoms with van der Waals surface area (Å²) in [5, 5.41) is 1.88. The summed E-state index contributed by atoms with van der Waals surface area (Å²) in [7, 11) is 1.60. The molecule has 0 N–H and O–H groups in total. The van der Waals surface area contributed by atoms with E-state index in [0.29, 0.717) is 32.3 Å². The predicted octanol–water partition coefficient (Wildman–Crippen LogP) is 5.08. The number of allylic oxidation sites excluding steroid dienone is 1. The number of benzene rings is 3. The minimum Gasteiger partial charge on any atom is -0.496 e. The van der Waals surface area contributed by atoms with Gasteiger partial charge in [0.1, 0.15) is 11.8 Å². The Kier molecular flexibility index (Phi) is 7.04. The topological polar surface area (TPSA) is 69.9 Å². The normalized spacial score (nSPS) is 15.5. The highest BCUT2D eigenvalue weighted by Crippen LogP contribution is 2.40. The van der Waals surface area contributed by atoms with Crippen molar-refractivity contribution in [2.75, 3.05) is 13.7 Å². The maximum Gasteiger partial charge on any atom is 0.338 e. The number of ether oxygens (including phenoxy) is 2. The SMILES string of the molecule is CCOC(=O)C1=C(C)N=c2s/c(=C\c3ccc(C(C)C)cc3)c(=O)n2[C@@H]1c1c(OC)ccc2ccccc12. The number of thiazole rings is 1. The first-order chi connectivity index (χ1) is 18.3. The van der Waals surface area contributed by atoms with Gasteiger partial charge in [-0.3, -0.25) is 9.36 Å². The van der Waals surface area contributed by atoms with Crippen LogP contribution in [-0.4, -0.2) is 24.3 Å². The van der Waals surface area contributed by atoms with Crippen LogP contribution < -0.4 is 19.6 Å². The van der Waals surface area contributed by atoms with Gasteiger partial charge in [-0.05, 0) is 53.8 Å². The Morgan fingerprint density at radius 1 is 1.11 bits per heavy atom. The van der Waals surface area contributed by atoms with Crippen LogP contribution in [0.2, 0.25) is 0 Å². The highest BCUT2D eigenvalue weighted by Gasteiger charge is 2.36. The lowest BCUT2D eigenvalue weighted by Gasteiger charge is -2.27. The number of aromatic nitrogens is 1. The van der Waals surface area contributed by atoms with Gasteiger partial charge >= 0.3 is 5.97 Å². The van der Waals surface area contributed by atoms with Crippen molar-refractivity contribution in [1.82, 2.24) is 4.57 Å². The molecule has 1 aliphatic heterocycles. The van der Waals surface area contributed by atoms with Crippen molar-refractivity contribution in [3.05, 3.63) is 108 Å². The number of nitrogens with zero attached hydrogens (tertiary/aromatic N) is 2. The van der Waals surface area contributed by atoms with E-state index >= 15 is 0 Å². The average Bonchev–Trinajstić information content (AvgIpc) is 3.21. The van der Waals surface area contributed by atoms with E-state index in [4.69, 9.17) is 14.5 Å². The molecule has 0 saturated heterocycles. The van der Waals surface area contributed by atoms with Crippen LogP contribution >= 0.6 is 11.3 Å². The minimum atomic E-state index is -0.753. The number of fused-ring (bicyclic) bond motifs is 2. The van der Waals surface area contributed by atoms with Gasteiger partial charge in [0.25, 0.3) is 5.56 Å². The van der Waals surface area contributed by atoms with Crippen molar-refractivity contribution in [3.63, 3.8) is 0 Å². The van der Waals surface area contributed by atoms with E-state index < -0.39 is 12.0 Å². The molecule has 0 radical (unpaired) electrons. The standard InChI is InChI=1S/C31H30N2O4S/c1-6-37-30(35)26-19(4)32-31-33(28(26)27-23-10-8-7-9-22(23)15-16-24(27)36-5)29(34)25(38-31)17-20-11-13-21(14-12-20)18(2)3/h7-18,28H,6H2,1-5H3/b25-17-/t28-/m0/s1. The zero-order chi connectivity index (χ0) is 27.0. The molecule has 5 rings (SSSR count).